The van der Waals surface area contributed by atoms with E-state index >= 15 is 0 Å². The van der Waals surface area contributed by atoms with Gasteiger partial charge in [0.15, 0.2) is 0 Å². The second-order valence-electron chi connectivity index (χ2n) is 6.10. The fourth-order valence-electron chi connectivity index (χ4n) is 2.66. The number of rotatable bonds is 7. The molecule has 0 amide bonds. The van der Waals surface area contributed by atoms with Crippen molar-refractivity contribution in [1.29, 1.82) is 0 Å². The van der Waals surface area contributed by atoms with Crippen molar-refractivity contribution >= 4 is 21.8 Å². The maximum absolute atomic E-state index is 14.3. The van der Waals surface area contributed by atoms with E-state index in [1.807, 2.05) is 0 Å². The number of aliphatic hydroxyl groups excluding tert-OH is 1. The smallest absolute Gasteiger partial charge is 0.268 e. The molecule has 0 saturated heterocycles. The highest BCUT2D eigenvalue weighted by Gasteiger charge is 2.23. The molecule has 2 aromatic carbocycles. The molecular formula is C20H20FN2O3S2. The molecule has 0 aliphatic heterocycles. The van der Waals surface area contributed by atoms with E-state index in [0.29, 0.717) is 16.2 Å². The zero-order valence-corrected chi connectivity index (χ0v) is 16.8. The standard InChI is InChI=1S/C20H20FN2O3S2/c1-14-10-19(17-8-3-4-9-18(17)21)23(12-14)28(25,26)16-7-5-6-15(11-16)27-13-20(24)22-2/h3-12,20,22,24H,1,13H2,2H3. The number of aliphatic hydroxyl groups is 1. The molecule has 0 aliphatic carbocycles. The van der Waals surface area contributed by atoms with E-state index < -0.39 is 22.1 Å². The number of nitrogens with zero attached hydrogens (tertiary/aromatic N) is 1. The summed E-state index contributed by atoms with van der Waals surface area (Å²) < 4.78 is 41.8. The third-order valence-corrected chi connectivity index (χ3v) is 6.84. The summed E-state index contributed by atoms with van der Waals surface area (Å²) in [7, 11) is -2.32. The van der Waals surface area contributed by atoms with Gasteiger partial charge in [0, 0.05) is 22.4 Å². The summed E-state index contributed by atoms with van der Waals surface area (Å²) in [5.74, 6) is -0.144. The number of thioether (sulfide) groups is 1. The Morgan fingerprint density at radius 3 is 2.68 bits per heavy atom. The van der Waals surface area contributed by atoms with E-state index in [1.165, 1.54) is 48.3 Å². The van der Waals surface area contributed by atoms with Crippen LogP contribution in [0.15, 0.2) is 70.6 Å². The van der Waals surface area contributed by atoms with E-state index in [1.54, 1.807) is 31.3 Å². The largest absolute Gasteiger partial charge is 0.378 e. The zero-order chi connectivity index (χ0) is 20.3. The Morgan fingerprint density at radius 2 is 1.96 bits per heavy atom. The average molecular weight is 420 g/mol. The maximum atomic E-state index is 14.3. The molecule has 1 aromatic heterocycles. The normalized spacial score (nSPS) is 12.9. The number of hydrogen-bond acceptors (Lipinski definition) is 5. The Labute approximate surface area is 168 Å². The lowest BCUT2D eigenvalue weighted by molar-refractivity contribution is 0.171. The van der Waals surface area contributed by atoms with Crippen molar-refractivity contribution in [1.82, 2.24) is 9.29 Å². The molecule has 0 aliphatic rings. The predicted molar refractivity (Wildman–Crippen MR) is 109 cm³/mol. The Bertz CT molecular complexity index is 1080. The first-order chi connectivity index (χ1) is 13.3. The van der Waals surface area contributed by atoms with Gasteiger partial charge in [-0.2, -0.15) is 0 Å². The van der Waals surface area contributed by atoms with E-state index in [4.69, 9.17) is 0 Å². The molecule has 2 N–H and O–H groups in total. The summed E-state index contributed by atoms with van der Waals surface area (Å²) >= 11 is 1.33. The third-order valence-electron chi connectivity index (χ3n) is 4.10. The quantitative estimate of drug-likeness (QED) is 0.454. The van der Waals surface area contributed by atoms with Gasteiger partial charge in [0.25, 0.3) is 10.0 Å². The van der Waals surface area contributed by atoms with E-state index in [0.717, 1.165) is 3.97 Å². The fourth-order valence-corrected chi connectivity index (χ4v) is 5.07. The van der Waals surface area contributed by atoms with E-state index in [-0.39, 0.29) is 16.2 Å². The fraction of sp³-hybridized carbons (Fsp3) is 0.150. The average Bonchev–Trinajstić information content (AvgIpc) is 3.09. The van der Waals surface area contributed by atoms with Crippen LogP contribution in [-0.2, 0) is 10.0 Å². The van der Waals surface area contributed by atoms with Gasteiger partial charge in [0.05, 0.1) is 10.6 Å². The molecule has 147 valence electrons. The van der Waals surface area contributed by atoms with Crippen molar-refractivity contribution in [2.45, 2.75) is 16.0 Å². The van der Waals surface area contributed by atoms with Gasteiger partial charge in [-0.15, -0.1) is 11.8 Å². The number of benzene rings is 2. The molecule has 0 fully saturated rings. The molecule has 1 unspecified atom stereocenters. The lowest BCUT2D eigenvalue weighted by Crippen LogP contribution is -2.26. The Kier molecular flexibility index (Phi) is 6.24. The van der Waals surface area contributed by atoms with Crippen LogP contribution in [-0.4, -0.2) is 36.5 Å². The highest BCUT2D eigenvalue weighted by Crippen LogP contribution is 2.30. The van der Waals surface area contributed by atoms with Crippen LogP contribution in [0.2, 0.25) is 0 Å². The van der Waals surface area contributed by atoms with Crippen molar-refractivity contribution in [3.8, 4) is 11.3 Å². The van der Waals surface area contributed by atoms with E-state index in [9.17, 15) is 17.9 Å². The number of halogens is 1. The minimum Gasteiger partial charge on any atom is -0.378 e. The molecule has 28 heavy (non-hydrogen) atoms. The van der Waals surface area contributed by atoms with Crippen molar-refractivity contribution in [2.24, 2.45) is 0 Å². The minimum absolute atomic E-state index is 0.0737. The Hall–Kier alpha value is -2.13. The van der Waals surface area contributed by atoms with Crippen LogP contribution in [0.3, 0.4) is 0 Å². The zero-order valence-electron chi connectivity index (χ0n) is 15.2. The summed E-state index contributed by atoms with van der Waals surface area (Å²) in [5.41, 5.74) is 0.861. The lowest BCUT2D eigenvalue weighted by Gasteiger charge is -2.13. The van der Waals surface area contributed by atoms with Gasteiger partial charge in [-0.25, -0.2) is 16.8 Å². The summed E-state index contributed by atoms with van der Waals surface area (Å²) in [6.45, 7) is 3.79. The third kappa shape index (κ3) is 4.30. The van der Waals surface area contributed by atoms with Crippen molar-refractivity contribution in [2.75, 3.05) is 12.8 Å². The van der Waals surface area contributed by atoms with Gasteiger partial charge in [0.1, 0.15) is 12.0 Å². The molecule has 1 radical (unpaired) electrons. The maximum Gasteiger partial charge on any atom is 0.268 e. The summed E-state index contributed by atoms with van der Waals surface area (Å²) in [5, 5.41) is 12.3. The van der Waals surface area contributed by atoms with E-state index in [2.05, 4.69) is 12.2 Å². The van der Waals surface area contributed by atoms with Crippen LogP contribution < -0.4 is 5.32 Å². The summed E-state index contributed by atoms with van der Waals surface area (Å²) in [6.07, 6.45) is 0.679. The summed E-state index contributed by atoms with van der Waals surface area (Å²) in [4.78, 5) is 0.773. The molecule has 0 spiro atoms. The summed E-state index contributed by atoms with van der Waals surface area (Å²) in [6, 6.07) is 14.0. The number of aromatic nitrogens is 1. The molecule has 5 nitrogen and oxygen atoms in total. The van der Waals surface area contributed by atoms with Gasteiger partial charge in [0.2, 0.25) is 0 Å². The van der Waals surface area contributed by atoms with Crippen LogP contribution in [0.25, 0.3) is 11.3 Å². The first-order valence-corrected chi connectivity index (χ1v) is 10.9. The van der Waals surface area contributed by atoms with Crippen LogP contribution in [0, 0.1) is 12.7 Å². The number of hydrogen-bond donors (Lipinski definition) is 2. The topological polar surface area (TPSA) is 71.3 Å². The molecule has 3 aromatic rings. The highest BCUT2D eigenvalue weighted by molar-refractivity contribution is 7.99. The Balaban J connectivity index is 2.02. The van der Waals surface area contributed by atoms with Crippen LogP contribution in [0.5, 0.6) is 0 Å². The second-order valence-corrected chi connectivity index (χ2v) is 9.01. The molecule has 8 heteroatoms. The molecule has 1 heterocycles. The first-order valence-electron chi connectivity index (χ1n) is 8.46. The monoisotopic (exact) mass is 419 g/mol. The first kappa shape index (κ1) is 20.6. The van der Waals surface area contributed by atoms with Gasteiger partial charge in [-0.1, -0.05) is 18.2 Å². The highest BCUT2D eigenvalue weighted by atomic mass is 32.2. The molecule has 0 bridgehead atoms. The van der Waals surface area contributed by atoms with Crippen molar-refractivity contribution < 1.29 is 17.9 Å². The van der Waals surface area contributed by atoms with Crippen molar-refractivity contribution in [3.63, 3.8) is 0 Å². The van der Waals surface area contributed by atoms with Gasteiger partial charge < -0.3 is 5.11 Å². The predicted octanol–water partition coefficient (Wildman–Crippen LogP) is 3.34. The van der Waals surface area contributed by atoms with Gasteiger partial charge in [-0.05, 0) is 55.9 Å². The van der Waals surface area contributed by atoms with Crippen molar-refractivity contribution in [3.05, 3.63) is 79.1 Å². The molecule has 0 saturated carbocycles. The molecular weight excluding hydrogens is 399 g/mol. The van der Waals surface area contributed by atoms with Gasteiger partial charge in [-0.3, -0.25) is 5.32 Å². The molecule has 3 rings (SSSR count). The van der Waals surface area contributed by atoms with Crippen LogP contribution >= 0.6 is 11.8 Å². The second kappa shape index (κ2) is 8.48. The van der Waals surface area contributed by atoms with Crippen LogP contribution in [0.1, 0.15) is 5.56 Å². The minimum atomic E-state index is -3.96. The Morgan fingerprint density at radius 1 is 1.21 bits per heavy atom. The SMILES string of the molecule is [CH2]c1cc(-c2ccccc2F)n(S(=O)(=O)c2cccc(SCC(O)NC)c2)c1. The molecule has 1 atom stereocenters. The van der Waals surface area contributed by atoms with Crippen LogP contribution in [0.4, 0.5) is 4.39 Å². The lowest BCUT2D eigenvalue weighted by atomic mass is 10.1. The van der Waals surface area contributed by atoms with Gasteiger partial charge >= 0.3 is 0 Å². The number of nitrogens with one attached hydrogen (secondary N) is 1.